The number of nitrogens with two attached hydrogens (primary N) is 1. The highest BCUT2D eigenvalue weighted by Crippen LogP contribution is 2.29. The number of amides is 1. The van der Waals surface area contributed by atoms with Crippen LogP contribution in [0, 0.1) is 13.8 Å². The van der Waals surface area contributed by atoms with Crippen LogP contribution in [0.3, 0.4) is 0 Å². The van der Waals surface area contributed by atoms with Crippen LogP contribution in [-0.4, -0.2) is 31.1 Å². The van der Waals surface area contributed by atoms with Crippen molar-refractivity contribution in [3.63, 3.8) is 0 Å². The normalized spacial score (nSPS) is 20.1. The van der Waals surface area contributed by atoms with Gasteiger partial charge < -0.3 is 0 Å². The Morgan fingerprint density at radius 3 is 2.58 bits per heavy atom. The van der Waals surface area contributed by atoms with E-state index in [9.17, 15) is 13.2 Å². The van der Waals surface area contributed by atoms with E-state index in [1.54, 1.807) is 6.20 Å². The molecule has 1 fully saturated rings. The van der Waals surface area contributed by atoms with Crippen molar-refractivity contribution in [3.8, 4) is 0 Å². The lowest BCUT2D eigenvalue weighted by molar-refractivity contribution is -0.117. The van der Waals surface area contributed by atoms with Gasteiger partial charge in [-0.3, -0.25) is 9.69 Å². The smallest absolute Gasteiger partial charge is 0.229 e. The molecule has 0 aliphatic carbocycles. The molecule has 6 nitrogen and oxygen atoms in total. The van der Waals surface area contributed by atoms with Crippen molar-refractivity contribution in [2.45, 2.75) is 25.5 Å². The maximum atomic E-state index is 11.9. The minimum Gasteiger partial charge on any atom is -0.295 e. The van der Waals surface area contributed by atoms with Crippen molar-refractivity contribution in [2.24, 2.45) is 5.14 Å². The number of pyridine rings is 1. The molecule has 1 saturated heterocycles. The Labute approximate surface area is 120 Å². The number of primary sulfonamides is 1. The third kappa shape index (κ3) is 2.65. The predicted molar refractivity (Wildman–Crippen MR) is 75.3 cm³/mol. The Hall–Kier alpha value is -0.990. The Morgan fingerprint density at radius 2 is 2.05 bits per heavy atom. The number of aromatic nitrogens is 1. The van der Waals surface area contributed by atoms with E-state index < -0.39 is 15.3 Å². The summed E-state index contributed by atoms with van der Waals surface area (Å²) in [7, 11) is -3.71. The van der Waals surface area contributed by atoms with E-state index in [0.717, 1.165) is 15.6 Å². The Kier molecular flexibility index (Phi) is 3.67. The summed E-state index contributed by atoms with van der Waals surface area (Å²) in [5.74, 6) is 0.230. The van der Waals surface area contributed by atoms with Crippen molar-refractivity contribution >= 4 is 37.7 Å². The largest absolute Gasteiger partial charge is 0.295 e. The quantitative estimate of drug-likeness (QED) is 0.858. The lowest BCUT2D eigenvalue weighted by atomic mass is 10.1. The first-order valence-corrected chi connectivity index (χ1v) is 8.05. The van der Waals surface area contributed by atoms with Crippen LogP contribution in [0.5, 0.6) is 0 Å². The average molecular weight is 348 g/mol. The fourth-order valence-electron chi connectivity index (χ4n) is 2.03. The van der Waals surface area contributed by atoms with E-state index in [4.69, 9.17) is 5.14 Å². The molecule has 8 heteroatoms. The van der Waals surface area contributed by atoms with E-state index in [0.29, 0.717) is 5.82 Å². The molecular weight excluding hydrogens is 334 g/mol. The van der Waals surface area contributed by atoms with Crippen molar-refractivity contribution in [3.05, 3.63) is 21.8 Å². The van der Waals surface area contributed by atoms with Gasteiger partial charge in [-0.25, -0.2) is 18.5 Å². The molecule has 0 radical (unpaired) electrons. The number of halogens is 1. The number of nitrogens with zero attached hydrogens (tertiary/aromatic N) is 2. The summed E-state index contributed by atoms with van der Waals surface area (Å²) >= 11 is 3.37. The van der Waals surface area contributed by atoms with E-state index >= 15 is 0 Å². The zero-order valence-corrected chi connectivity index (χ0v) is 13.0. The molecule has 0 saturated carbocycles. The van der Waals surface area contributed by atoms with Gasteiger partial charge in [0, 0.05) is 23.6 Å². The first-order chi connectivity index (χ1) is 8.71. The van der Waals surface area contributed by atoms with Crippen molar-refractivity contribution < 1.29 is 13.2 Å². The van der Waals surface area contributed by atoms with Gasteiger partial charge in [-0.1, -0.05) is 0 Å². The van der Waals surface area contributed by atoms with Crippen LogP contribution in [0.15, 0.2) is 10.7 Å². The van der Waals surface area contributed by atoms with Crippen LogP contribution in [-0.2, 0) is 14.8 Å². The molecule has 1 aromatic rings. The van der Waals surface area contributed by atoms with Crippen LogP contribution in [0.1, 0.15) is 17.5 Å². The maximum Gasteiger partial charge on any atom is 0.229 e. The number of anilines is 1. The molecule has 0 aromatic carbocycles. The van der Waals surface area contributed by atoms with Gasteiger partial charge in [0.2, 0.25) is 15.9 Å². The van der Waals surface area contributed by atoms with Crippen molar-refractivity contribution in [1.82, 2.24) is 4.98 Å². The van der Waals surface area contributed by atoms with Gasteiger partial charge in [-0.2, -0.15) is 0 Å². The summed E-state index contributed by atoms with van der Waals surface area (Å²) in [6.45, 7) is 3.81. The molecule has 0 bridgehead atoms. The second-order valence-electron chi connectivity index (χ2n) is 4.60. The molecule has 1 amide bonds. The second-order valence-corrected chi connectivity index (χ2v) is 7.30. The molecule has 2 rings (SSSR count). The molecule has 1 unspecified atom stereocenters. The predicted octanol–water partition coefficient (Wildman–Crippen LogP) is 0.855. The SMILES string of the molecule is Cc1c(Br)cnc(N2CC(S(N)(=O)=O)CC2=O)c1C. The Balaban J connectivity index is 2.39. The molecule has 1 atom stereocenters. The van der Waals surface area contributed by atoms with E-state index in [2.05, 4.69) is 20.9 Å². The van der Waals surface area contributed by atoms with Crippen molar-refractivity contribution in [1.29, 1.82) is 0 Å². The zero-order chi connectivity index (χ0) is 14.4. The number of rotatable bonds is 2. The Bertz CT molecular complexity index is 645. The molecule has 104 valence electrons. The van der Waals surface area contributed by atoms with Gasteiger partial charge in [0.1, 0.15) is 11.1 Å². The standard InChI is InChI=1S/C11H14BrN3O3S/c1-6-7(2)11(14-4-9(6)12)15-5-8(3-10(15)16)19(13,17)18/h4,8H,3,5H2,1-2H3,(H2,13,17,18). The van der Waals surface area contributed by atoms with Crippen LogP contribution in [0.4, 0.5) is 5.82 Å². The van der Waals surface area contributed by atoms with Gasteiger partial charge in [0.05, 0.1) is 0 Å². The summed E-state index contributed by atoms with van der Waals surface area (Å²) in [6, 6.07) is 0. The fourth-order valence-corrected chi connectivity index (χ4v) is 3.16. The van der Waals surface area contributed by atoms with Crippen LogP contribution >= 0.6 is 15.9 Å². The van der Waals surface area contributed by atoms with Gasteiger partial charge in [0.25, 0.3) is 0 Å². The summed E-state index contributed by atoms with van der Waals surface area (Å²) in [6.07, 6.45) is 1.52. The molecule has 1 aliphatic rings. The minimum atomic E-state index is -3.71. The highest BCUT2D eigenvalue weighted by atomic mass is 79.9. The fraction of sp³-hybridized carbons (Fsp3) is 0.455. The Morgan fingerprint density at radius 1 is 1.42 bits per heavy atom. The molecule has 0 spiro atoms. The summed E-state index contributed by atoms with van der Waals surface area (Å²) in [5, 5.41) is 4.24. The lowest BCUT2D eigenvalue weighted by Crippen LogP contribution is -2.32. The van der Waals surface area contributed by atoms with Crippen LogP contribution in [0.2, 0.25) is 0 Å². The first kappa shape index (κ1) is 14.4. The number of hydrogen-bond acceptors (Lipinski definition) is 4. The molecule has 1 aliphatic heterocycles. The highest BCUT2D eigenvalue weighted by molar-refractivity contribution is 9.10. The number of hydrogen-bond donors (Lipinski definition) is 1. The first-order valence-electron chi connectivity index (χ1n) is 5.65. The van der Waals surface area contributed by atoms with Crippen LogP contribution in [0.25, 0.3) is 0 Å². The molecular formula is C11H14BrN3O3S. The number of carbonyl (C=O) groups excluding carboxylic acids is 1. The van der Waals surface area contributed by atoms with E-state index in [-0.39, 0.29) is 18.9 Å². The highest BCUT2D eigenvalue weighted by Gasteiger charge is 2.38. The third-order valence-corrected chi connectivity index (χ3v) is 5.41. The topological polar surface area (TPSA) is 93.4 Å². The molecule has 1 aromatic heterocycles. The zero-order valence-electron chi connectivity index (χ0n) is 10.6. The molecule has 2 heterocycles. The molecule has 19 heavy (non-hydrogen) atoms. The monoisotopic (exact) mass is 347 g/mol. The lowest BCUT2D eigenvalue weighted by Gasteiger charge is -2.19. The maximum absolute atomic E-state index is 11.9. The minimum absolute atomic E-state index is 0.0621. The summed E-state index contributed by atoms with van der Waals surface area (Å²) < 4.78 is 23.5. The van der Waals surface area contributed by atoms with Gasteiger partial charge in [0.15, 0.2) is 0 Å². The number of sulfonamides is 1. The summed E-state index contributed by atoms with van der Waals surface area (Å²) in [5.41, 5.74) is 1.81. The van der Waals surface area contributed by atoms with Gasteiger partial charge in [-0.15, -0.1) is 0 Å². The van der Waals surface area contributed by atoms with Crippen LogP contribution < -0.4 is 10.0 Å². The number of carbonyl (C=O) groups is 1. The van der Waals surface area contributed by atoms with Crippen molar-refractivity contribution in [2.75, 3.05) is 11.4 Å². The molecule has 2 N–H and O–H groups in total. The third-order valence-electron chi connectivity index (χ3n) is 3.37. The van der Waals surface area contributed by atoms with E-state index in [1.165, 1.54) is 4.90 Å². The van der Waals surface area contributed by atoms with Gasteiger partial charge in [-0.05, 0) is 40.9 Å². The summed E-state index contributed by atoms with van der Waals surface area (Å²) in [4.78, 5) is 17.5. The van der Waals surface area contributed by atoms with E-state index in [1.807, 2.05) is 13.8 Å². The second kappa shape index (κ2) is 4.84. The van der Waals surface area contributed by atoms with Gasteiger partial charge >= 0.3 is 0 Å². The average Bonchev–Trinajstić information content (AvgIpc) is 2.68.